The monoisotopic (exact) mass is 599 g/mol. The first kappa shape index (κ1) is 26.9. The summed E-state index contributed by atoms with van der Waals surface area (Å²) >= 11 is 6.54. The third-order valence-electron chi connectivity index (χ3n) is 7.51. The van der Waals surface area contributed by atoms with Gasteiger partial charge in [0.1, 0.15) is 21.6 Å². The number of thiocarbonyl (C=S) groups is 1. The zero-order valence-corrected chi connectivity index (χ0v) is 24.1. The second kappa shape index (κ2) is 10.3. The van der Waals surface area contributed by atoms with Crippen LogP contribution in [0.3, 0.4) is 0 Å². The molecule has 0 radical (unpaired) electrons. The van der Waals surface area contributed by atoms with Gasteiger partial charge in [0.15, 0.2) is 9.84 Å². The Bertz CT molecular complexity index is 1730. The van der Waals surface area contributed by atoms with Gasteiger partial charge >= 0.3 is 0 Å². The number of thioether (sulfide) groups is 1. The molecule has 1 atom stereocenters. The number of carbonyl (C=O) groups is 1. The lowest BCUT2D eigenvalue weighted by atomic mass is 10.2. The van der Waals surface area contributed by atoms with Crippen LogP contribution in [0.5, 0.6) is 0 Å². The van der Waals surface area contributed by atoms with Gasteiger partial charge in [-0.3, -0.25) is 18.9 Å². The van der Waals surface area contributed by atoms with E-state index in [-0.39, 0.29) is 37.7 Å². The van der Waals surface area contributed by atoms with Crippen LogP contribution in [0.25, 0.3) is 11.7 Å². The molecule has 2 aromatic heterocycles. The minimum Gasteiger partial charge on any atom is -0.368 e. The van der Waals surface area contributed by atoms with Crippen molar-refractivity contribution >= 4 is 67.3 Å². The van der Waals surface area contributed by atoms with Gasteiger partial charge < -0.3 is 9.80 Å². The highest BCUT2D eigenvalue weighted by Crippen LogP contribution is 2.37. The number of anilines is 2. The Balaban J connectivity index is 1.36. The third kappa shape index (κ3) is 4.90. The molecule has 208 valence electrons. The van der Waals surface area contributed by atoms with Crippen LogP contribution in [-0.2, 0) is 14.6 Å². The van der Waals surface area contributed by atoms with Crippen LogP contribution >= 0.6 is 24.0 Å². The molecule has 1 amide bonds. The van der Waals surface area contributed by atoms with Crippen molar-refractivity contribution in [3.05, 3.63) is 74.8 Å². The summed E-state index contributed by atoms with van der Waals surface area (Å²) < 4.78 is 39.3. The standard InChI is InChI=1S/C27H26FN5O4S3/c1-17-3-2-9-32-23(17)29-24(31-12-10-30(11-13-31)19-6-4-18(28)5-7-19)21(25(32)34)15-22-26(35)33(27(38)39-22)20-8-14-40(36,37)16-20/h2-7,9,15,20H,8,10-14,16H2,1H3/b22-15+. The molecule has 0 aliphatic carbocycles. The maximum atomic E-state index is 13.8. The predicted molar refractivity (Wildman–Crippen MR) is 159 cm³/mol. The first-order chi connectivity index (χ1) is 19.1. The summed E-state index contributed by atoms with van der Waals surface area (Å²) in [6, 6.07) is 9.53. The third-order valence-corrected chi connectivity index (χ3v) is 10.6. The Morgan fingerprint density at radius 1 is 1.07 bits per heavy atom. The number of aryl methyl sites for hydroxylation is 1. The molecule has 3 saturated heterocycles. The lowest BCUT2D eigenvalue weighted by Crippen LogP contribution is -2.47. The first-order valence-electron chi connectivity index (χ1n) is 12.9. The van der Waals surface area contributed by atoms with Crippen LogP contribution in [0.15, 0.2) is 52.3 Å². The number of carbonyl (C=O) groups excluding carboxylic acids is 1. The maximum Gasteiger partial charge on any atom is 0.267 e. The zero-order chi connectivity index (χ0) is 28.2. The van der Waals surface area contributed by atoms with Crippen LogP contribution in [-0.4, -0.2) is 76.7 Å². The normalized spacial score (nSPS) is 22.2. The van der Waals surface area contributed by atoms with Crippen LogP contribution in [0, 0.1) is 12.7 Å². The maximum absolute atomic E-state index is 13.8. The molecule has 3 aliphatic rings. The Labute approximate surface area is 240 Å². The van der Waals surface area contributed by atoms with Crippen LogP contribution in [0.2, 0.25) is 0 Å². The molecule has 3 fully saturated rings. The molecule has 3 aromatic rings. The number of piperazine rings is 1. The summed E-state index contributed by atoms with van der Waals surface area (Å²) in [7, 11) is -3.21. The van der Waals surface area contributed by atoms with Gasteiger partial charge in [-0.25, -0.2) is 17.8 Å². The molecule has 1 unspecified atom stereocenters. The van der Waals surface area contributed by atoms with Crippen LogP contribution < -0.4 is 15.4 Å². The fourth-order valence-electron chi connectivity index (χ4n) is 5.40. The molecule has 5 heterocycles. The van der Waals surface area contributed by atoms with Gasteiger partial charge in [0.25, 0.3) is 11.5 Å². The highest BCUT2D eigenvalue weighted by Gasteiger charge is 2.42. The van der Waals surface area contributed by atoms with Gasteiger partial charge in [-0.1, -0.05) is 30.0 Å². The van der Waals surface area contributed by atoms with E-state index in [4.69, 9.17) is 17.2 Å². The van der Waals surface area contributed by atoms with E-state index < -0.39 is 21.8 Å². The summed E-state index contributed by atoms with van der Waals surface area (Å²) in [5, 5.41) is 0. The molecule has 0 bridgehead atoms. The van der Waals surface area contributed by atoms with Crippen molar-refractivity contribution in [3.8, 4) is 0 Å². The summed E-state index contributed by atoms with van der Waals surface area (Å²) in [6.07, 6.45) is 3.54. The van der Waals surface area contributed by atoms with Gasteiger partial charge in [0.05, 0.1) is 28.0 Å². The van der Waals surface area contributed by atoms with E-state index in [1.807, 2.05) is 17.9 Å². The number of aromatic nitrogens is 2. The number of hydrogen-bond donors (Lipinski definition) is 0. The summed E-state index contributed by atoms with van der Waals surface area (Å²) in [6.45, 7) is 4.29. The smallest absolute Gasteiger partial charge is 0.267 e. The van der Waals surface area contributed by atoms with E-state index in [2.05, 4.69) is 4.90 Å². The van der Waals surface area contributed by atoms with Crippen molar-refractivity contribution in [2.75, 3.05) is 47.5 Å². The van der Waals surface area contributed by atoms with Crippen molar-refractivity contribution in [1.82, 2.24) is 14.3 Å². The van der Waals surface area contributed by atoms with Gasteiger partial charge in [-0.15, -0.1) is 0 Å². The van der Waals surface area contributed by atoms with Crippen molar-refractivity contribution < 1.29 is 17.6 Å². The Kier molecular flexibility index (Phi) is 6.91. The topological polar surface area (TPSA) is 95.3 Å². The van der Waals surface area contributed by atoms with E-state index in [0.29, 0.717) is 44.1 Å². The van der Waals surface area contributed by atoms with E-state index in [0.717, 1.165) is 23.0 Å². The van der Waals surface area contributed by atoms with Crippen molar-refractivity contribution in [1.29, 1.82) is 0 Å². The van der Waals surface area contributed by atoms with Gasteiger partial charge in [-0.2, -0.15) is 0 Å². The summed E-state index contributed by atoms with van der Waals surface area (Å²) in [5.74, 6) is -0.291. The van der Waals surface area contributed by atoms with Crippen molar-refractivity contribution in [2.24, 2.45) is 0 Å². The van der Waals surface area contributed by atoms with Gasteiger partial charge in [0, 0.05) is 38.1 Å². The quantitative estimate of drug-likeness (QED) is 0.332. The molecule has 13 heteroatoms. The van der Waals surface area contributed by atoms with Gasteiger partial charge in [0.2, 0.25) is 0 Å². The highest BCUT2D eigenvalue weighted by atomic mass is 32.2. The van der Waals surface area contributed by atoms with E-state index >= 15 is 0 Å². The zero-order valence-electron chi connectivity index (χ0n) is 21.6. The Morgan fingerprint density at radius 3 is 2.45 bits per heavy atom. The Morgan fingerprint density at radius 2 is 1.77 bits per heavy atom. The van der Waals surface area contributed by atoms with E-state index in [1.54, 1.807) is 30.5 Å². The first-order valence-corrected chi connectivity index (χ1v) is 15.9. The second-order valence-corrected chi connectivity index (χ2v) is 14.0. The molecule has 40 heavy (non-hydrogen) atoms. The fraction of sp³-hybridized carbons (Fsp3) is 0.333. The predicted octanol–water partition coefficient (Wildman–Crippen LogP) is 2.86. The number of pyridine rings is 1. The average Bonchev–Trinajstić information content (AvgIpc) is 3.42. The number of benzene rings is 1. The number of fused-ring (bicyclic) bond motifs is 1. The Hall–Kier alpha value is -3.29. The van der Waals surface area contributed by atoms with Crippen molar-refractivity contribution in [3.63, 3.8) is 0 Å². The minimum absolute atomic E-state index is 0.0249. The van der Waals surface area contributed by atoms with E-state index in [9.17, 15) is 22.4 Å². The molecule has 0 spiro atoms. The molecule has 1 aromatic carbocycles. The lowest BCUT2D eigenvalue weighted by Gasteiger charge is -2.37. The van der Waals surface area contributed by atoms with Crippen molar-refractivity contribution in [2.45, 2.75) is 19.4 Å². The van der Waals surface area contributed by atoms with Gasteiger partial charge in [-0.05, 0) is 55.3 Å². The largest absolute Gasteiger partial charge is 0.368 e. The molecule has 0 saturated carbocycles. The number of sulfone groups is 1. The van der Waals surface area contributed by atoms with E-state index in [1.165, 1.54) is 21.4 Å². The molecule has 0 N–H and O–H groups in total. The molecule has 3 aliphatic heterocycles. The fourth-order valence-corrected chi connectivity index (χ4v) is 8.48. The lowest BCUT2D eigenvalue weighted by molar-refractivity contribution is -0.123. The number of halogens is 1. The SMILES string of the molecule is Cc1cccn2c(=O)c(/C=C3/SC(=S)N(C4CCS(=O)(=O)C4)C3=O)c(N3CCN(c4ccc(F)cc4)CC3)nc12. The molecule has 6 rings (SSSR count). The number of nitrogens with zero attached hydrogens (tertiary/aromatic N) is 5. The number of hydrogen-bond acceptors (Lipinski definition) is 9. The molecular weight excluding hydrogens is 574 g/mol. The van der Waals surface area contributed by atoms with Crippen LogP contribution in [0.4, 0.5) is 15.9 Å². The summed E-state index contributed by atoms with van der Waals surface area (Å²) in [5.41, 5.74) is 2.26. The molecule has 9 nitrogen and oxygen atoms in total. The number of amides is 1. The minimum atomic E-state index is -3.21. The molecular formula is C27H26FN5O4S3. The number of rotatable bonds is 4. The average molecular weight is 600 g/mol. The highest BCUT2D eigenvalue weighted by molar-refractivity contribution is 8.26. The second-order valence-electron chi connectivity index (χ2n) is 10.1. The van der Waals surface area contributed by atoms with Crippen LogP contribution in [0.1, 0.15) is 17.5 Å². The summed E-state index contributed by atoms with van der Waals surface area (Å²) in [4.78, 5) is 38.0.